The molecule has 1 heterocycles. The van der Waals surface area contributed by atoms with Crippen LogP contribution in [-0.4, -0.2) is 12.0 Å². The Morgan fingerprint density at radius 1 is 1.33 bits per heavy atom. The van der Waals surface area contributed by atoms with Gasteiger partial charge in [0.2, 0.25) is 0 Å². The third-order valence-corrected chi connectivity index (χ3v) is 3.76. The standard InChI is InChI=1S/C14H18N2OS/c1-10-11(2)18-14(16-10)9-17-13-6-4-5-12(7-13)8-15-3/h4-7,15H,8-9H2,1-3H3. The molecule has 0 aliphatic rings. The monoisotopic (exact) mass is 262 g/mol. The molecule has 4 heteroatoms. The number of aryl methyl sites for hydroxylation is 2. The lowest BCUT2D eigenvalue weighted by atomic mass is 10.2. The van der Waals surface area contributed by atoms with Gasteiger partial charge in [0.1, 0.15) is 17.4 Å². The molecule has 0 unspecified atom stereocenters. The van der Waals surface area contributed by atoms with Gasteiger partial charge in [0, 0.05) is 11.4 Å². The van der Waals surface area contributed by atoms with Gasteiger partial charge in [-0.15, -0.1) is 11.3 Å². The Kier molecular flexibility index (Phi) is 4.33. The number of hydrogen-bond donors (Lipinski definition) is 1. The van der Waals surface area contributed by atoms with Gasteiger partial charge in [-0.3, -0.25) is 0 Å². The number of hydrogen-bond acceptors (Lipinski definition) is 4. The van der Waals surface area contributed by atoms with Crippen LogP contribution in [0.3, 0.4) is 0 Å². The predicted octanol–water partition coefficient (Wildman–Crippen LogP) is 3.06. The van der Waals surface area contributed by atoms with E-state index in [0.29, 0.717) is 6.61 Å². The number of thiazole rings is 1. The Labute approximate surface area is 112 Å². The molecule has 96 valence electrons. The summed E-state index contributed by atoms with van der Waals surface area (Å²) in [7, 11) is 1.94. The predicted molar refractivity (Wildman–Crippen MR) is 75.1 cm³/mol. The third-order valence-electron chi connectivity index (χ3n) is 2.71. The zero-order chi connectivity index (χ0) is 13.0. The normalized spacial score (nSPS) is 10.6. The van der Waals surface area contributed by atoms with E-state index in [1.807, 2.05) is 26.1 Å². The molecule has 0 aliphatic heterocycles. The van der Waals surface area contributed by atoms with Gasteiger partial charge in [0.15, 0.2) is 0 Å². The van der Waals surface area contributed by atoms with E-state index in [1.54, 1.807) is 11.3 Å². The number of benzene rings is 1. The van der Waals surface area contributed by atoms with Crippen LogP contribution in [0.5, 0.6) is 5.75 Å². The quantitative estimate of drug-likeness (QED) is 0.899. The van der Waals surface area contributed by atoms with E-state index in [9.17, 15) is 0 Å². The first-order chi connectivity index (χ1) is 8.69. The maximum absolute atomic E-state index is 5.77. The average Bonchev–Trinajstić information content (AvgIpc) is 2.67. The van der Waals surface area contributed by atoms with Gasteiger partial charge in [-0.25, -0.2) is 4.98 Å². The van der Waals surface area contributed by atoms with Crippen LogP contribution in [0, 0.1) is 13.8 Å². The van der Waals surface area contributed by atoms with Crippen LogP contribution in [0.15, 0.2) is 24.3 Å². The summed E-state index contributed by atoms with van der Waals surface area (Å²) in [5.74, 6) is 0.897. The Morgan fingerprint density at radius 3 is 2.83 bits per heavy atom. The number of ether oxygens (including phenoxy) is 1. The van der Waals surface area contributed by atoms with Crippen molar-refractivity contribution >= 4 is 11.3 Å². The molecular formula is C14H18N2OS. The van der Waals surface area contributed by atoms with Gasteiger partial charge in [-0.2, -0.15) is 0 Å². The Balaban J connectivity index is 1.99. The van der Waals surface area contributed by atoms with Crippen LogP contribution in [0.1, 0.15) is 21.1 Å². The van der Waals surface area contributed by atoms with E-state index in [-0.39, 0.29) is 0 Å². The number of rotatable bonds is 5. The number of nitrogens with one attached hydrogen (secondary N) is 1. The molecule has 0 spiro atoms. The molecule has 0 fully saturated rings. The van der Waals surface area contributed by atoms with E-state index in [2.05, 4.69) is 29.4 Å². The molecule has 0 amide bonds. The minimum atomic E-state index is 0.544. The third kappa shape index (κ3) is 3.31. The molecule has 0 bridgehead atoms. The van der Waals surface area contributed by atoms with Crippen molar-refractivity contribution in [3.05, 3.63) is 45.4 Å². The maximum atomic E-state index is 5.77. The molecule has 0 saturated heterocycles. The molecule has 1 N–H and O–H groups in total. The summed E-state index contributed by atoms with van der Waals surface area (Å²) in [6.45, 7) is 5.52. The second kappa shape index (κ2) is 5.98. The first kappa shape index (κ1) is 13.1. The molecule has 3 nitrogen and oxygen atoms in total. The van der Waals surface area contributed by atoms with Crippen molar-refractivity contribution in [3.63, 3.8) is 0 Å². The first-order valence-corrected chi connectivity index (χ1v) is 6.80. The summed E-state index contributed by atoms with van der Waals surface area (Å²) < 4.78 is 5.77. The van der Waals surface area contributed by atoms with Gasteiger partial charge in [-0.1, -0.05) is 12.1 Å². The van der Waals surface area contributed by atoms with E-state index < -0.39 is 0 Å². The maximum Gasteiger partial charge on any atom is 0.140 e. The fraction of sp³-hybridized carbons (Fsp3) is 0.357. The van der Waals surface area contributed by atoms with Crippen LogP contribution >= 0.6 is 11.3 Å². The summed E-state index contributed by atoms with van der Waals surface area (Å²) in [6.07, 6.45) is 0. The summed E-state index contributed by atoms with van der Waals surface area (Å²) in [5.41, 5.74) is 2.32. The Hall–Kier alpha value is -1.39. The summed E-state index contributed by atoms with van der Waals surface area (Å²) in [5, 5.41) is 4.16. The summed E-state index contributed by atoms with van der Waals surface area (Å²) in [4.78, 5) is 5.73. The highest BCUT2D eigenvalue weighted by molar-refractivity contribution is 7.11. The van der Waals surface area contributed by atoms with Gasteiger partial charge in [-0.05, 0) is 38.6 Å². The van der Waals surface area contributed by atoms with Crippen LogP contribution in [0.4, 0.5) is 0 Å². The van der Waals surface area contributed by atoms with Crippen molar-refractivity contribution in [2.75, 3.05) is 7.05 Å². The minimum Gasteiger partial charge on any atom is -0.486 e. The lowest BCUT2D eigenvalue weighted by Crippen LogP contribution is -2.05. The van der Waals surface area contributed by atoms with Gasteiger partial charge in [0.25, 0.3) is 0 Å². The van der Waals surface area contributed by atoms with Crippen LogP contribution < -0.4 is 10.1 Å². The molecule has 0 saturated carbocycles. The summed E-state index contributed by atoms with van der Waals surface area (Å²) in [6, 6.07) is 8.14. The smallest absolute Gasteiger partial charge is 0.140 e. The van der Waals surface area contributed by atoms with Crippen molar-refractivity contribution in [1.82, 2.24) is 10.3 Å². The summed E-state index contributed by atoms with van der Waals surface area (Å²) >= 11 is 1.70. The molecule has 0 radical (unpaired) electrons. The Morgan fingerprint density at radius 2 is 2.17 bits per heavy atom. The highest BCUT2D eigenvalue weighted by Crippen LogP contribution is 2.19. The van der Waals surface area contributed by atoms with Crippen molar-refractivity contribution in [2.45, 2.75) is 27.0 Å². The number of nitrogens with zero attached hydrogens (tertiary/aromatic N) is 1. The molecule has 2 aromatic rings. The van der Waals surface area contributed by atoms with Crippen LogP contribution in [-0.2, 0) is 13.2 Å². The SMILES string of the molecule is CNCc1cccc(OCc2nc(C)c(C)s2)c1. The molecular weight excluding hydrogens is 244 g/mol. The van der Waals surface area contributed by atoms with E-state index in [1.165, 1.54) is 10.4 Å². The number of aromatic nitrogens is 1. The van der Waals surface area contributed by atoms with Gasteiger partial charge >= 0.3 is 0 Å². The topological polar surface area (TPSA) is 34.1 Å². The molecule has 0 atom stereocenters. The van der Waals surface area contributed by atoms with Gasteiger partial charge < -0.3 is 10.1 Å². The molecule has 1 aromatic carbocycles. The second-order valence-electron chi connectivity index (χ2n) is 4.22. The lowest BCUT2D eigenvalue weighted by molar-refractivity contribution is 0.305. The van der Waals surface area contributed by atoms with Crippen LogP contribution in [0.2, 0.25) is 0 Å². The molecule has 1 aromatic heterocycles. The van der Waals surface area contributed by atoms with Crippen molar-refractivity contribution < 1.29 is 4.74 Å². The van der Waals surface area contributed by atoms with Crippen LogP contribution in [0.25, 0.3) is 0 Å². The zero-order valence-corrected chi connectivity index (χ0v) is 11.8. The highest BCUT2D eigenvalue weighted by atomic mass is 32.1. The van der Waals surface area contributed by atoms with E-state index in [4.69, 9.17) is 4.74 Å². The van der Waals surface area contributed by atoms with Gasteiger partial charge in [0.05, 0.1) is 5.69 Å². The largest absolute Gasteiger partial charge is 0.486 e. The van der Waals surface area contributed by atoms with E-state index in [0.717, 1.165) is 23.0 Å². The molecule has 0 aliphatic carbocycles. The molecule has 2 rings (SSSR count). The average molecular weight is 262 g/mol. The van der Waals surface area contributed by atoms with E-state index >= 15 is 0 Å². The minimum absolute atomic E-state index is 0.544. The van der Waals surface area contributed by atoms with Crippen molar-refractivity contribution in [3.8, 4) is 5.75 Å². The fourth-order valence-electron chi connectivity index (χ4n) is 1.70. The lowest BCUT2D eigenvalue weighted by Gasteiger charge is -2.06. The van der Waals surface area contributed by atoms with Crippen molar-refractivity contribution in [2.24, 2.45) is 0 Å². The molecule has 18 heavy (non-hydrogen) atoms. The second-order valence-corrected chi connectivity index (χ2v) is 5.50. The Bertz CT molecular complexity index is 503. The fourth-order valence-corrected chi connectivity index (χ4v) is 2.54. The zero-order valence-electron chi connectivity index (χ0n) is 11.0. The highest BCUT2D eigenvalue weighted by Gasteiger charge is 2.04. The van der Waals surface area contributed by atoms with Crippen molar-refractivity contribution in [1.29, 1.82) is 0 Å². The first-order valence-electron chi connectivity index (χ1n) is 5.98.